The first-order valence-electron chi connectivity index (χ1n) is 4.23. The van der Waals surface area contributed by atoms with Gasteiger partial charge >= 0.3 is 0 Å². The van der Waals surface area contributed by atoms with Crippen LogP contribution in [-0.4, -0.2) is 18.6 Å². The molecule has 0 amide bonds. The number of oxime groups is 1. The summed E-state index contributed by atoms with van der Waals surface area (Å²) in [5.74, 6) is 0.260. The van der Waals surface area contributed by atoms with E-state index in [9.17, 15) is 4.79 Å². The minimum absolute atomic E-state index is 0.260. The van der Waals surface area contributed by atoms with Gasteiger partial charge in [0, 0.05) is 6.42 Å². The fraction of sp³-hybridized carbons (Fsp3) is 0.778. The smallest absolute Gasteiger partial charge is 0.129 e. The number of carbonyl (C=O) groups excluding carboxylic acids is 1. The van der Waals surface area contributed by atoms with Gasteiger partial charge in [-0.3, -0.25) is 0 Å². The van der Waals surface area contributed by atoms with E-state index in [1.807, 2.05) is 6.92 Å². The average molecular weight is 171 g/mol. The van der Waals surface area contributed by atoms with Gasteiger partial charge < -0.3 is 9.63 Å². The zero-order chi connectivity index (χ0) is 9.40. The Bertz CT molecular complexity index is 164. The molecule has 0 radical (unpaired) electrons. The summed E-state index contributed by atoms with van der Waals surface area (Å²) >= 11 is 0. The quantitative estimate of drug-likeness (QED) is 0.349. The molecule has 12 heavy (non-hydrogen) atoms. The molecule has 0 aliphatic heterocycles. The first-order chi connectivity index (χ1) is 5.66. The molecule has 3 heteroatoms. The van der Waals surface area contributed by atoms with E-state index in [0.717, 1.165) is 25.0 Å². The summed E-state index contributed by atoms with van der Waals surface area (Å²) in [6, 6.07) is 0. The van der Waals surface area contributed by atoms with Crippen LogP contribution >= 0.6 is 0 Å². The van der Waals surface area contributed by atoms with Gasteiger partial charge in [0.25, 0.3) is 0 Å². The molecule has 0 aromatic carbocycles. The van der Waals surface area contributed by atoms with Gasteiger partial charge in [0.2, 0.25) is 0 Å². The fourth-order valence-electron chi connectivity index (χ4n) is 0.956. The first kappa shape index (κ1) is 11.1. The van der Waals surface area contributed by atoms with E-state index in [4.69, 9.17) is 0 Å². The summed E-state index contributed by atoms with van der Waals surface area (Å²) in [5.41, 5.74) is 0.987. The third kappa shape index (κ3) is 7.25. The van der Waals surface area contributed by atoms with Crippen LogP contribution < -0.4 is 0 Å². The average Bonchev–Trinajstić information content (AvgIpc) is 1.98. The molecule has 0 rings (SSSR count). The summed E-state index contributed by atoms with van der Waals surface area (Å²) in [5, 5.41) is 3.77. The Morgan fingerprint density at radius 1 is 1.25 bits per heavy atom. The van der Waals surface area contributed by atoms with Crippen molar-refractivity contribution in [2.24, 2.45) is 5.16 Å². The highest BCUT2D eigenvalue weighted by Gasteiger charge is 1.95. The van der Waals surface area contributed by atoms with Crippen LogP contribution in [0.2, 0.25) is 0 Å². The van der Waals surface area contributed by atoms with Crippen molar-refractivity contribution in [3.8, 4) is 0 Å². The molecular weight excluding hydrogens is 154 g/mol. The third-order valence-electron chi connectivity index (χ3n) is 1.56. The Hall–Kier alpha value is -0.860. The Labute approximate surface area is 73.8 Å². The first-order valence-corrected chi connectivity index (χ1v) is 4.23. The fourth-order valence-corrected chi connectivity index (χ4v) is 0.956. The zero-order valence-corrected chi connectivity index (χ0v) is 8.09. The maximum atomic E-state index is 10.6. The molecule has 0 heterocycles. The summed E-state index contributed by atoms with van der Waals surface area (Å²) in [6.45, 7) is 3.55. The Morgan fingerprint density at radius 3 is 2.33 bits per heavy atom. The maximum Gasteiger partial charge on any atom is 0.129 e. The second kappa shape index (κ2) is 6.83. The van der Waals surface area contributed by atoms with Crippen LogP contribution in [-0.2, 0) is 9.63 Å². The van der Waals surface area contributed by atoms with Gasteiger partial charge in [-0.1, -0.05) is 5.16 Å². The third-order valence-corrected chi connectivity index (χ3v) is 1.56. The van der Waals surface area contributed by atoms with Gasteiger partial charge in [-0.05, 0) is 33.1 Å². The maximum absolute atomic E-state index is 10.6. The predicted octanol–water partition coefficient (Wildman–Crippen LogP) is 2.16. The monoisotopic (exact) mass is 171 g/mol. The molecule has 0 aliphatic carbocycles. The van der Waals surface area contributed by atoms with E-state index < -0.39 is 0 Å². The molecule has 0 aromatic heterocycles. The van der Waals surface area contributed by atoms with Gasteiger partial charge in [-0.2, -0.15) is 0 Å². The van der Waals surface area contributed by atoms with E-state index in [-0.39, 0.29) is 5.78 Å². The van der Waals surface area contributed by atoms with Gasteiger partial charge in [0.05, 0.1) is 5.71 Å². The number of hydrogen-bond acceptors (Lipinski definition) is 3. The zero-order valence-electron chi connectivity index (χ0n) is 8.09. The van der Waals surface area contributed by atoms with Gasteiger partial charge in [-0.25, -0.2) is 0 Å². The largest absolute Gasteiger partial charge is 0.399 e. The summed E-state index contributed by atoms with van der Waals surface area (Å²) < 4.78 is 0. The lowest BCUT2D eigenvalue weighted by molar-refractivity contribution is -0.117. The van der Waals surface area contributed by atoms with Gasteiger partial charge in [-0.15, -0.1) is 0 Å². The SMILES string of the molecule is CO/N=C(\C)CCCCC(C)=O. The number of hydrogen-bond donors (Lipinski definition) is 0. The standard InChI is InChI=1S/C9H17NO2/c1-8(10-12-3)6-4-5-7-9(2)11/h4-7H2,1-3H3/b10-8+. The lowest BCUT2D eigenvalue weighted by Gasteiger charge is -1.98. The number of rotatable bonds is 6. The molecular formula is C9H17NO2. The van der Waals surface area contributed by atoms with Crippen molar-refractivity contribution in [3.05, 3.63) is 0 Å². The molecule has 0 saturated carbocycles. The molecule has 0 spiro atoms. The van der Waals surface area contributed by atoms with E-state index in [0.29, 0.717) is 6.42 Å². The van der Waals surface area contributed by atoms with Gasteiger partial charge in [0.1, 0.15) is 12.9 Å². The van der Waals surface area contributed by atoms with E-state index in [1.165, 1.54) is 0 Å². The van der Waals surface area contributed by atoms with Crippen molar-refractivity contribution >= 4 is 11.5 Å². The second-order valence-corrected chi connectivity index (χ2v) is 2.92. The van der Waals surface area contributed by atoms with Crippen molar-refractivity contribution in [1.29, 1.82) is 0 Å². The van der Waals surface area contributed by atoms with Crippen LogP contribution in [0.15, 0.2) is 5.16 Å². The lowest BCUT2D eigenvalue weighted by Crippen LogP contribution is -1.94. The molecule has 0 aromatic rings. The molecule has 3 nitrogen and oxygen atoms in total. The van der Waals surface area contributed by atoms with Crippen molar-refractivity contribution in [2.45, 2.75) is 39.5 Å². The van der Waals surface area contributed by atoms with Crippen molar-refractivity contribution in [2.75, 3.05) is 7.11 Å². The molecule has 0 saturated heterocycles. The molecule has 0 N–H and O–H groups in total. The topological polar surface area (TPSA) is 38.7 Å². The Kier molecular flexibility index (Phi) is 6.34. The Morgan fingerprint density at radius 2 is 1.83 bits per heavy atom. The number of nitrogens with zero attached hydrogens (tertiary/aromatic N) is 1. The highest BCUT2D eigenvalue weighted by molar-refractivity contribution is 5.81. The van der Waals surface area contributed by atoms with Crippen molar-refractivity contribution < 1.29 is 9.63 Å². The molecule has 0 bridgehead atoms. The van der Waals surface area contributed by atoms with E-state index >= 15 is 0 Å². The normalized spacial score (nSPS) is 11.4. The van der Waals surface area contributed by atoms with Crippen LogP contribution in [0.5, 0.6) is 0 Å². The molecule has 70 valence electrons. The second-order valence-electron chi connectivity index (χ2n) is 2.92. The number of unbranched alkanes of at least 4 members (excludes halogenated alkanes) is 1. The predicted molar refractivity (Wildman–Crippen MR) is 49.3 cm³/mol. The minimum atomic E-state index is 0.260. The highest BCUT2D eigenvalue weighted by Crippen LogP contribution is 2.01. The molecule has 0 unspecified atom stereocenters. The molecule has 0 aliphatic rings. The van der Waals surface area contributed by atoms with Crippen molar-refractivity contribution in [3.63, 3.8) is 0 Å². The minimum Gasteiger partial charge on any atom is -0.399 e. The summed E-state index contributed by atoms with van der Waals surface area (Å²) in [4.78, 5) is 15.2. The van der Waals surface area contributed by atoms with E-state index in [2.05, 4.69) is 9.99 Å². The molecule has 0 fully saturated rings. The van der Waals surface area contributed by atoms with Crippen LogP contribution in [0.3, 0.4) is 0 Å². The highest BCUT2D eigenvalue weighted by atomic mass is 16.6. The molecule has 0 atom stereocenters. The number of carbonyl (C=O) groups is 1. The summed E-state index contributed by atoms with van der Waals surface area (Å²) in [7, 11) is 1.54. The van der Waals surface area contributed by atoms with Crippen LogP contribution in [0.25, 0.3) is 0 Å². The van der Waals surface area contributed by atoms with E-state index in [1.54, 1.807) is 14.0 Å². The Balaban J connectivity index is 3.31. The lowest BCUT2D eigenvalue weighted by atomic mass is 10.1. The van der Waals surface area contributed by atoms with Gasteiger partial charge in [0.15, 0.2) is 0 Å². The summed E-state index contributed by atoms with van der Waals surface area (Å²) in [6.07, 6.45) is 3.56. The number of Topliss-reactive ketones (excluding diaryl/α,β-unsaturated/α-hetero) is 1. The van der Waals surface area contributed by atoms with Crippen molar-refractivity contribution in [1.82, 2.24) is 0 Å². The number of ketones is 1. The van der Waals surface area contributed by atoms with Crippen LogP contribution in [0.1, 0.15) is 39.5 Å². The van der Waals surface area contributed by atoms with Crippen LogP contribution in [0, 0.1) is 0 Å². The van der Waals surface area contributed by atoms with Crippen LogP contribution in [0.4, 0.5) is 0 Å².